The van der Waals surface area contributed by atoms with E-state index >= 15 is 0 Å². The molecule has 1 amide bonds. The Morgan fingerprint density at radius 2 is 1.42 bits per heavy atom. The highest BCUT2D eigenvalue weighted by Crippen LogP contribution is 2.14. The Morgan fingerprint density at radius 1 is 0.846 bits per heavy atom. The van der Waals surface area contributed by atoms with Crippen LogP contribution in [0.5, 0.6) is 0 Å². The van der Waals surface area contributed by atoms with Gasteiger partial charge in [-0.05, 0) is 52.9 Å². The Labute approximate surface area is 152 Å². The predicted octanol–water partition coefficient (Wildman–Crippen LogP) is 3.91. The number of aliphatic hydroxyl groups is 1. The fraction of sp³-hybridized carbons (Fsp3) is 0.143. The predicted molar refractivity (Wildman–Crippen MR) is 99.7 cm³/mol. The van der Waals surface area contributed by atoms with E-state index in [4.69, 9.17) is 9.84 Å². The highest BCUT2D eigenvalue weighted by Gasteiger charge is 2.04. The first-order valence-corrected chi connectivity index (χ1v) is 8.33. The largest absolute Gasteiger partial charge is 0.444 e. The van der Waals surface area contributed by atoms with Crippen molar-refractivity contribution in [2.24, 2.45) is 0 Å². The number of carbonyl (C=O) groups is 1. The fourth-order valence-electron chi connectivity index (χ4n) is 2.49. The van der Waals surface area contributed by atoms with Gasteiger partial charge in [0.15, 0.2) is 0 Å². The van der Waals surface area contributed by atoms with Crippen LogP contribution < -0.4 is 5.32 Å². The number of hydrogen-bond donors (Lipinski definition) is 2. The van der Waals surface area contributed by atoms with Gasteiger partial charge in [0, 0.05) is 18.1 Å². The zero-order chi connectivity index (χ0) is 18.2. The van der Waals surface area contributed by atoms with Gasteiger partial charge in [0.25, 0.3) is 0 Å². The monoisotopic (exact) mass is 348 g/mol. The first-order chi connectivity index (χ1) is 12.7. The molecule has 132 valence electrons. The van der Waals surface area contributed by atoms with Crippen LogP contribution in [0.2, 0.25) is 0 Å². The van der Waals surface area contributed by atoms with Gasteiger partial charge in [-0.15, -0.1) is 0 Å². The van der Waals surface area contributed by atoms with Crippen LogP contribution in [-0.2, 0) is 24.4 Å². The highest BCUT2D eigenvalue weighted by molar-refractivity contribution is 5.84. The first kappa shape index (κ1) is 17.6. The number of rotatable bonds is 6. The molecule has 3 rings (SSSR count). The lowest BCUT2D eigenvalue weighted by Gasteiger charge is -2.08. The Morgan fingerprint density at radius 3 is 2.08 bits per heavy atom. The van der Waals surface area contributed by atoms with Crippen molar-refractivity contribution in [3.05, 3.63) is 95.3 Å². The molecule has 0 aliphatic heterocycles. The van der Waals surface area contributed by atoms with Crippen LogP contribution in [-0.4, -0.2) is 16.2 Å². The Hall–Kier alpha value is -3.18. The molecule has 0 saturated carbocycles. The minimum atomic E-state index is -0.502. The maximum absolute atomic E-state index is 11.9. The third-order valence-electron chi connectivity index (χ3n) is 3.93. The van der Waals surface area contributed by atoms with Crippen molar-refractivity contribution in [1.82, 2.24) is 4.98 Å². The van der Waals surface area contributed by atoms with Gasteiger partial charge in [-0.2, -0.15) is 0 Å². The van der Waals surface area contributed by atoms with E-state index in [0.717, 1.165) is 23.1 Å². The number of benzene rings is 2. The molecule has 5 heteroatoms. The average molecular weight is 348 g/mol. The second-order valence-corrected chi connectivity index (χ2v) is 5.90. The Balaban J connectivity index is 1.49. The van der Waals surface area contributed by atoms with E-state index in [1.807, 2.05) is 48.5 Å². The van der Waals surface area contributed by atoms with E-state index < -0.39 is 6.09 Å². The molecule has 0 bridgehead atoms. The molecule has 5 nitrogen and oxygen atoms in total. The molecule has 0 saturated heterocycles. The quantitative estimate of drug-likeness (QED) is 0.708. The topological polar surface area (TPSA) is 71.5 Å². The summed E-state index contributed by atoms with van der Waals surface area (Å²) in [5.41, 5.74) is 4.71. The van der Waals surface area contributed by atoms with E-state index in [1.54, 1.807) is 24.5 Å². The number of anilines is 1. The van der Waals surface area contributed by atoms with Gasteiger partial charge < -0.3 is 9.84 Å². The van der Waals surface area contributed by atoms with Gasteiger partial charge in [-0.1, -0.05) is 36.4 Å². The van der Waals surface area contributed by atoms with Gasteiger partial charge >= 0.3 is 6.09 Å². The Bertz CT molecular complexity index is 831. The summed E-state index contributed by atoms with van der Waals surface area (Å²) in [5, 5.41) is 11.7. The minimum Gasteiger partial charge on any atom is -0.444 e. The smallest absolute Gasteiger partial charge is 0.411 e. The lowest BCUT2D eigenvalue weighted by atomic mass is 10.1. The number of aromatic nitrogens is 1. The Kier molecular flexibility index (Phi) is 5.96. The van der Waals surface area contributed by atoms with E-state index in [0.29, 0.717) is 5.69 Å². The van der Waals surface area contributed by atoms with E-state index in [1.165, 1.54) is 5.56 Å². The first-order valence-electron chi connectivity index (χ1n) is 8.33. The molecule has 0 unspecified atom stereocenters. The molecule has 3 aromatic rings. The molecule has 2 N–H and O–H groups in total. The van der Waals surface area contributed by atoms with E-state index in [-0.39, 0.29) is 13.2 Å². The van der Waals surface area contributed by atoms with Gasteiger partial charge in [0.2, 0.25) is 0 Å². The molecule has 26 heavy (non-hydrogen) atoms. The summed E-state index contributed by atoms with van der Waals surface area (Å²) in [7, 11) is 0. The van der Waals surface area contributed by atoms with Crippen molar-refractivity contribution in [3.8, 4) is 0 Å². The van der Waals surface area contributed by atoms with Gasteiger partial charge in [-0.25, -0.2) is 4.79 Å². The number of carbonyl (C=O) groups excluding carboxylic acids is 1. The van der Waals surface area contributed by atoms with E-state index in [2.05, 4.69) is 10.3 Å². The van der Waals surface area contributed by atoms with Crippen LogP contribution in [0.3, 0.4) is 0 Å². The highest BCUT2D eigenvalue weighted by atomic mass is 16.5. The summed E-state index contributed by atoms with van der Waals surface area (Å²) < 4.78 is 5.21. The number of hydrogen-bond acceptors (Lipinski definition) is 4. The summed E-state index contributed by atoms with van der Waals surface area (Å²) in [6.07, 6.45) is 3.87. The van der Waals surface area contributed by atoms with Crippen LogP contribution in [0.4, 0.5) is 10.5 Å². The van der Waals surface area contributed by atoms with Crippen molar-refractivity contribution < 1.29 is 14.6 Å². The second kappa shape index (κ2) is 8.78. The maximum Gasteiger partial charge on any atom is 0.411 e. The minimum absolute atomic E-state index is 0.00121. The van der Waals surface area contributed by atoms with Crippen LogP contribution in [0.15, 0.2) is 73.1 Å². The fourth-order valence-corrected chi connectivity index (χ4v) is 2.49. The van der Waals surface area contributed by atoms with E-state index in [9.17, 15) is 4.79 Å². The molecule has 0 aliphatic carbocycles. The van der Waals surface area contributed by atoms with Crippen LogP contribution in [0.1, 0.15) is 22.3 Å². The van der Waals surface area contributed by atoms with Gasteiger partial charge in [0.1, 0.15) is 6.61 Å². The molecule has 1 heterocycles. The molecule has 1 aromatic heterocycles. The van der Waals surface area contributed by atoms with Gasteiger partial charge in [-0.3, -0.25) is 10.3 Å². The third kappa shape index (κ3) is 5.16. The lowest BCUT2D eigenvalue weighted by molar-refractivity contribution is 0.155. The van der Waals surface area contributed by atoms with Crippen molar-refractivity contribution >= 4 is 11.8 Å². The SMILES string of the molecule is O=C(Nc1ccc(Cc2ccncc2)cc1)OCc1ccc(CO)cc1. The number of nitrogens with zero attached hydrogens (tertiary/aromatic N) is 1. The molecule has 2 aromatic carbocycles. The number of pyridine rings is 1. The summed E-state index contributed by atoms with van der Waals surface area (Å²) in [4.78, 5) is 15.9. The number of aliphatic hydroxyl groups excluding tert-OH is 1. The van der Waals surface area contributed by atoms with Crippen LogP contribution in [0.25, 0.3) is 0 Å². The zero-order valence-corrected chi connectivity index (χ0v) is 14.3. The third-order valence-corrected chi connectivity index (χ3v) is 3.93. The molecular formula is C21H20N2O3. The number of nitrogens with one attached hydrogen (secondary N) is 1. The maximum atomic E-state index is 11.9. The standard InChI is InChI=1S/C21H20N2O3/c24-14-18-1-3-19(4-2-18)15-26-21(25)23-20-7-5-16(6-8-20)13-17-9-11-22-12-10-17/h1-12,24H,13-15H2,(H,23,25). The van der Waals surface area contributed by atoms with Crippen molar-refractivity contribution in [2.45, 2.75) is 19.6 Å². The summed E-state index contributed by atoms with van der Waals surface area (Å²) in [5.74, 6) is 0. The van der Waals surface area contributed by atoms with Crippen molar-refractivity contribution in [3.63, 3.8) is 0 Å². The molecule has 0 aliphatic rings. The lowest BCUT2D eigenvalue weighted by Crippen LogP contribution is -2.13. The number of ether oxygens (including phenoxy) is 1. The molecule has 0 spiro atoms. The molecule has 0 atom stereocenters. The molecule has 0 radical (unpaired) electrons. The number of amides is 1. The zero-order valence-electron chi connectivity index (χ0n) is 14.3. The normalized spacial score (nSPS) is 10.3. The second-order valence-electron chi connectivity index (χ2n) is 5.90. The van der Waals surface area contributed by atoms with Crippen molar-refractivity contribution in [2.75, 3.05) is 5.32 Å². The summed E-state index contributed by atoms with van der Waals surface area (Å²) in [6, 6.07) is 18.9. The average Bonchev–Trinajstić information content (AvgIpc) is 2.69. The molecular weight excluding hydrogens is 328 g/mol. The van der Waals surface area contributed by atoms with Crippen LogP contribution in [0, 0.1) is 0 Å². The summed E-state index contributed by atoms with van der Waals surface area (Å²) >= 11 is 0. The van der Waals surface area contributed by atoms with Crippen LogP contribution >= 0.6 is 0 Å². The summed E-state index contributed by atoms with van der Waals surface area (Å²) in [6.45, 7) is 0.177. The van der Waals surface area contributed by atoms with Gasteiger partial charge in [0.05, 0.1) is 6.61 Å². The van der Waals surface area contributed by atoms with Crippen molar-refractivity contribution in [1.29, 1.82) is 0 Å². The molecule has 0 fully saturated rings.